The minimum Gasteiger partial charge on any atom is -0.382 e. The molecule has 0 saturated heterocycles. The van der Waals surface area contributed by atoms with Crippen LogP contribution in [0.25, 0.3) is 16.7 Å². The first kappa shape index (κ1) is 20.1. The summed E-state index contributed by atoms with van der Waals surface area (Å²) in [7, 11) is 0. The van der Waals surface area contributed by atoms with Gasteiger partial charge in [0.05, 0.1) is 10.9 Å². The van der Waals surface area contributed by atoms with Gasteiger partial charge in [0.25, 0.3) is 5.56 Å². The Morgan fingerprint density at radius 1 is 1.10 bits per heavy atom. The first-order valence-corrected chi connectivity index (χ1v) is 11.3. The third kappa shape index (κ3) is 4.24. The summed E-state index contributed by atoms with van der Waals surface area (Å²) in [6, 6.07) is 15.9. The van der Waals surface area contributed by atoms with Crippen molar-refractivity contribution < 1.29 is 4.74 Å². The van der Waals surface area contributed by atoms with Crippen molar-refractivity contribution in [1.82, 2.24) is 19.2 Å². The third-order valence-electron chi connectivity index (χ3n) is 4.63. The molecule has 0 fully saturated rings. The summed E-state index contributed by atoms with van der Waals surface area (Å²) >= 11 is 5.08. The molecule has 0 N–H and O–H groups in total. The average Bonchev–Trinajstić information content (AvgIpc) is 3.17. The van der Waals surface area contributed by atoms with Crippen LogP contribution in [-0.2, 0) is 17.0 Å². The largest absolute Gasteiger partial charge is 0.382 e. The van der Waals surface area contributed by atoms with Crippen LogP contribution in [0.1, 0.15) is 18.9 Å². The van der Waals surface area contributed by atoms with E-state index in [1.165, 1.54) is 5.56 Å². The van der Waals surface area contributed by atoms with Gasteiger partial charge in [0, 0.05) is 30.0 Å². The monoisotopic (exact) mass is 472 g/mol. The molecule has 4 aromatic rings. The maximum atomic E-state index is 13.1. The Kier molecular flexibility index (Phi) is 6.32. The summed E-state index contributed by atoms with van der Waals surface area (Å²) in [5, 5.41) is 10.2. The van der Waals surface area contributed by atoms with Crippen LogP contribution in [0.3, 0.4) is 0 Å². The van der Waals surface area contributed by atoms with E-state index in [1.54, 1.807) is 16.3 Å². The van der Waals surface area contributed by atoms with Crippen LogP contribution in [0.2, 0.25) is 0 Å². The molecule has 8 heteroatoms. The predicted molar refractivity (Wildman–Crippen MR) is 120 cm³/mol. The molecule has 0 aliphatic rings. The number of aryl methyl sites for hydroxylation is 1. The quantitative estimate of drug-likeness (QED) is 0.278. The van der Waals surface area contributed by atoms with Gasteiger partial charge in [0.15, 0.2) is 5.16 Å². The molecule has 0 amide bonds. The second-order valence-corrected chi connectivity index (χ2v) is 8.42. The van der Waals surface area contributed by atoms with E-state index in [2.05, 4.69) is 38.3 Å². The number of hydrogen-bond acceptors (Lipinski definition) is 5. The fourth-order valence-corrected chi connectivity index (χ4v) is 4.39. The van der Waals surface area contributed by atoms with Crippen molar-refractivity contribution in [3.8, 4) is 0 Å². The normalized spacial score (nSPS) is 11.5. The van der Waals surface area contributed by atoms with Gasteiger partial charge >= 0.3 is 0 Å². The van der Waals surface area contributed by atoms with E-state index in [1.807, 2.05) is 47.7 Å². The molecular weight excluding hydrogens is 452 g/mol. The zero-order valence-corrected chi connectivity index (χ0v) is 18.4. The van der Waals surface area contributed by atoms with E-state index < -0.39 is 0 Å². The van der Waals surface area contributed by atoms with Gasteiger partial charge in [-0.2, -0.15) is 0 Å². The summed E-state index contributed by atoms with van der Waals surface area (Å²) in [4.78, 5) is 13.1. The van der Waals surface area contributed by atoms with E-state index in [0.717, 1.165) is 27.3 Å². The molecule has 150 valence electrons. The number of aromatic nitrogens is 4. The van der Waals surface area contributed by atoms with Crippen LogP contribution in [0, 0.1) is 0 Å². The van der Waals surface area contributed by atoms with Gasteiger partial charge in [-0.1, -0.05) is 52.0 Å². The topological polar surface area (TPSA) is 61.4 Å². The number of fused-ring (bicyclic) bond motifs is 3. The Morgan fingerprint density at radius 2 is 1.90 bits per heavy atom. The molecule has 0 unspecified atom stereocenters. The van der Waals surface area contributed by atoms with Gasteiger partial charge < -0.3 is 4.74 Å². The summed E-state index contributed by atoms with van der Waals surface area (Å²) < 4.78 is 10.2. The summed E-state index contributed by atoms with van der Waals surface area (Å²) in [5.41, 5.74) is 1.99. The van der Waals surface area contributed by atoms with Gasteiger partial charge in [-0.3, -0.25) is 13.8 Å². The van der Waals surface area contributed by atoms with Crippen LogP contribution in [0.5, 0.6) is 0 Å². The number of nitrogens with zero attached hydrogens (tertiary/aromatic N) is 4. The van der Waals surface area contributed by atoms with Crippen molar-refractivity contribution in [2.45, 2.75) is 30.8 Å². The van der Waals surface area contributed by atoms with Crippen molar-refractivity contribution in [1.29, 1.82) is 0 Å². The van der Waals surface area contributed by atoms with Crippen molar-refractivity contribution in [3.05, 3.63) is 68.9 Å². The Balaban J connectivity index is 1.73. The van der Waals surface area contributed by atoms with E-state index in [4.69, 9.17) is 4.74 Å². The molecule has 0 aliphatic carbocycles. The first-order valence-electron chi connectivity index (χ1n) is 9.50. The van der Waals surface area contributed by atoms with E-state index in [-0.39, 0.29) is 5.56 Å². The lowest BCUT2D eigenvalue weighted by atomic mass is 10.2. The van der Waals surface area contributed by atoms with Crippen LogP contribution in [0.4, 0.5) is 0 Å². The maximum absolute atomic E-state index is 13.1. The number of hydrogen-bond donors (Lipinski definition) is 0. The Morgan fingerprint density at radius 3 is 2.69 bits per heavy atom. The summed E-state index contributed by atoms with van der Waals surface area (Å²) in [6.07, 6.45) is 0.746. The zero-order chi connectivity index (χ0) is 20.2. The van der Waals surface area contributed by atoms with Gasteiger partial charge in [-0.05, 0) is 43.2 Å². The van der Waals surface area contributed by atoms with E-state index >= 15 is 0 Å². The summed E-state index contributed by atoms with van der Waals surface area (Å²) in [5.74, 6) is 1.34. The number of halogens is 1. The molecule has 0 radical (unpaired) electrons. The molecule has 29 heavy (non-hydrogen) atoms. The van der Waals surface area contributed by atoms with Crippen molar-refractivity contribution in [3.63, 3.8) is 0 Å². The second kappa shape index (κ2) is 9.11. The second-order valence-electron chi connectivity index (χ2n) is 6.56. The zero-order valence-electron chi connectivity index (χ0n) is 16.0. The average molecular weight is 473 g/mol. The molecular formula is C21H21BrN4O2S. The van der Waals surface area contributed by atoms with Gasteiger partial charge in [0.1, 0.15) is 0 Å². The lowest BCUT2D eigenvalue weighted by Gasteiger charge is -2.11. The molecule has 4 rings (SSSR count). The van der Waals surface area contributed by atoms with Gasteiger partial charge in [-0.25, -0.2) is 0 Å². The molecule has 0 spiro atoms. The number of thioether (sulfide) groups is 1. The molecule has 2 aromatic carbocycles. The Labute approximate surface area is 181 Å². The van der Waals surface area contributed by atoms with E-state index in [0.29, 0.717) is 30.9 Å². The van der Waals surface area contributed by atoms with Crippen LogP contribution in [-0.4, -0.2) is 32.4 Å². The minimum atomic E-state index is -0.0403. The number of benzene rings is 2. The Hall–Kier alpha value is -2.16. The standard InChI is InChI=1S/C21H21BrN4O2S/c1-2-28-13-5-12-25-19(27)17-6-3-4-7-18(17)26-20(25)23-24-21(26)29-14-15-8-10-16(22)11-9-15/h3-4,6-11H,2,5,12-14H2,1H3. The number of rotatable bonds is 8. The van der Waals surface area contributed by atoms with E-state index in [9.17, 15) is 4.79 Å². The van der Waals surface area contributed by atoms with Crippen LogP contribution < -0.4 is 5.56 Å². The van der Waals surface area contributed by atoms with Crippen LogP contribution >= 0.6 is 27.7 Å². The molecule has 0 bridgehead atoms. The molecule has 0 aliphatic heterocycles. The lowest BCUT2D eigenvalue weighted by Crippen LogP contribution is -2.24. The van der Waals surface area contributed by atoms with Crippen molar-refractivity contribution >= 4 is 44.4 Å². The number of para-hydroxylation sites is 1. The minimum absolute atomic E-state index is 0.0403. The highest BCUT2D eigenvalue weighted by Gasteiger charge is 2.16. The third-order valence-corrected chi connectivity index (χ3v) is 6.16. The van der Waals surface area contributed by atoms with Crippen molar-refractivity contribution in [2.24, 2.45) is 0 Å². The fourth-order valence-electron chi connectivity index (χ4n) is 3.23. The molecule has 6 nitrogen and oxygen atoms in total. The lowest BCUT2D eigenvalue weighted by molar-refractivity contribution is 0.141. The van der Waals surface area contributed by atoms with Gasteiger partial charge in [0.2, 0.25) is 5.78 Å². The maximum Gasteiger partial charge on any atom is 0.262 e. The molecule has 0 saturated carbocycles. The molecule has 0 atom stereocenters. The highest BCUT2D eigenvalue weighted by molar-refractivity contribution is 9.10. The fraction of sp³-hybridized carbons (Fsp3) is 0.286. The highest BCUT2D eigenvalue weighted by Crippen LogP contribution is 2.25. The molecule has 2 aromatic heterocycles. The molecule has 2 heterocycles. The first-order chi connectivity index (χ1) is 14.2. The van der Waals surface area contributed by atoms with Gasteiger partial charge in [-0.15, -0.1) is 10.2 Å². The smallest absolute Gasteiger partial charge is 0.262 e. The SMILES string of the molecule is CCOCCCn1c(=O)c2ccccc2n2c(SCc3ccc(Br)cc3)nnc12. The highest BCUT2D eigenvalue weighted by atomic mass is 79.9. The predicted octanol–water partition coefficient (Wildman–Crippen LogP) is 4.53. The van der Waals surface area contributed by atoms with Crippen LogP contribution in [0.15, 0.2) is 63.0 Å². The van der Waals surface area contributed by atoms with Crippen molar-refractivity contribution in [2.75, 3.05) is 13.2 Å². The number of ether oxygens (including phenoxy) is 1. The summed E-state index contributed by atoms with van der Waals surface area (Å²) in [6.45, 7) is 3.79. The Bertz CT molecular complexity index is 1190.